The first-order valence-corrected chi connectivity index (χ1v) is 10.5. The number of hydrogen-bond acceptors (Lipinski definition) is 5. The molecule has 3 atom stereocenters. The predicted octanol–water partition coefficient (Wildman–Crippen LogP) is 2.47. The zero-order valence-electron chi connectivity index (χ0n) is 16.1. The van der Waals surface area contributed by atoms with E-state index in [1.807, 2.05) is 19.1 Å². The summed E-state index contributed by atoms with van der Waals surface area (Å²) in [6.45, 7) is 6.55. The summed E-state index contributed by atoms with van der Waals surface area (Å²) in [7, 11) is 1.68. The Labute approximate surface area is 163 Å². The molecular weight excluding hydrogens is 360 g/mol. The minimum atomic E-state index is 0.0808. The number of aryl methyl sites for hydroxylation is 1. The van der Waals surface area contributed by atoms with Crippen molar-refractivity contribution in [1.82, 2.24) is 14.6 Å². The molecule has 144 valence electrons. The number of aromatic nitrogens is 3. The Morgan fingerprint density at radius 1 is 1.37 bits per heavy atom. The summed E-state index contributed by atoms with van der Waals surface area (Å²) >= 11 is 1.56. The molecule has 4 rings (SSSR count). The summed E-state index contributed by atoms with van der Waals surface area (Å²) in [6, 6.07) is 8.30. The monoisotopic (exact) mass is 387 g/mol. The molecular formula is C20H27N4O2S+. The fourth-order valence-corrected chi connectivity index (χ4v) is 5.25. The van der Waals surface area contributed by atoms with Crippen molar-refractivity contribution in [2.45, 2.75) is 39.2 Å². The highest BCUT2D eigenvalue weighted by Gasteiger charge is 2.35. The standard InChI is InChI=1S/C20H26N4O2S/c1-4-16-21-20-24(22-16)19(25)18(27-20)17(23-11-5-6-13(2)12-23)14-7-9-15(26-3)10-8-14/h7-10,13,17,25H,4-6,11-12H2,1-3H3/p+1/t13-,17+/m0/s1. The molecule has 1 saturated heterocycles. The van der Waals surface area contributed by atoms with Crippen molar-refractivity contribution in [2.75, 3.05) is 20.2 Å². The third-order valence-corrected chi connectivity index (χ3v) is 6.57. The number of ether oxygens (including phenoxy) is 1. The van der Waals surface area contributed by atoms with Gasteiger partial charge in [-0.25, -0.2) is 4.98 Å². The first kappa shape index (κ1) is 18.3. The van der Waals surface area contributed by atoms with Crippen LogP contribution in [0.4, 0.5) is 0 Å². The van der Waals surface area contributed by atoms with Crippen LogP contribution in [0.1, 0.15) is 49.0 Å². The Hall–Kier alpha value is -2.12. The Morgan fingerprint density at radius 3 is 2.78 bits per heavy atom. The van der Waals surface area contributed by atoms with Gasteiger partial charge in [0.25, 0.3) is 0 Å². The molecule has 3 aromatic rings. The number of hydrogen-bond donors (Lipinski definition) is 2. The molecule has 0 spiro atoms. The summed E-state index contributed by atoms with van der Waals surface area (Å²) in [5, 5.41) is 15.4. The van der Waals surface area contributed by atoms with Crippen molar-refractivity contribution in [3.63, 3.8) is 0 Å². The number of likely N-dealkylation sites (tertiary alicyclic amines) is 1. The molecule has 1 aliphatic rings. The van der Waals surface area contributed by atoms with Gasteiger partial charge in [-0.2, -0.15) is 4.52 Å². The van der Waals surface area contributed by atoms with Crippen molar-refractivity contribution in [2.24, 2.45) is 5.92 Å². The lowest BCUT2D eigenvalue weighted by Gasteiger charge is -2.34. The van der Waals surface area contributed by atoms with Crippen molar-refractivity contribution in [3.05, 3.63) is 40.5 Å². The van der Waals surface area contributed by atoms with E-state index in [1.54, 1.807) is 23.0 Å². The smallest absolute Gasteiger partial charge is 0.235 e. The number of thiazole rings is 1. The van der Waals surface area contributed by atoms with Crippen molar-refractivity contribution < 1.29 is 14.7 Å². The van der Waals surface area contributed by atoms with Crippen molar-refractivity contribution in [1.29, 1.82) is 0 Å². The highest BCUT2D eigenvalue weighted by atomic mass is 32.1. The van der Waals surface area contributed by atoms with Crippen LogP contribution < -0.4 is 9.64 Å². The second kappa shape index (κ2) is 7.48. The minimum Gasteiger partial charge on any atom is -0.497 e. The van der Waals surface area contributed by atoms with Crippen LogP contribution >= 0.6 is 11.3 Å². The van der Waals surface area contributed by atoms with Crippen LogP contribution in [0.25, 0.3) is 4.96 Å². The number of benzene rings is 1. The third kappa shape index (κ3) is 3.41. The van der Waals surface area contributed by atoms with E-state index in [1.165, 1.54) is 23.3 Å². The molecule has 7 heteroatoms. The summed E-state index contributed by atoms with van der Waals surface area (Å²) in [5.74, 6) is 2.53. The Balaban J connectivity index is 1.79. The quantitative estimate of drug-likeness (QED) is 0.706. The molecule has 27 heavy (non-hydrogen) atoms. The van der Waals surface area contributed by atoms with E-state index in [0.717, 1.165) is 40.9 Å². The first-order chi connectivity index (χ1) is 13.1. The van der Waals surface area contributed by atoms with Gasteiger partial charge in [-0.05, 0) is 37.1 Å². The van der Waals surface area contributed by atoms with E-state index in [4.69, 9.17) is 4.74 Å². The Morgan fingerprint density at radius 2 is 2.15 bits per heavy atom. The van der Waals surface area contributed by atoms with Crippen LogP contribution in [0.3, 0.4) is 0 Å². The van der Waals surface area contributed by atoms with E-state index in [2.05, 4.69) is 29.1 Å². The van der Waals surface area contributed by atoms with Gasteiger partial charge in [-0.1, -0.05) is 25.2 Å². The number of rotatable bonds is 5. The SMILES string of the molecule is CCc1nc2sc([C@@H](c3ccc(OC)cc3)[NH+]3CCC[C@H](C)C3)c(O)n2n1. The van der Waals surface area contributed by atoms with Gasteiger partial charge < -0.3 is 14.7 Å². The van der Waals surface area contributed by atoms with Crippen LogP contribution in [0.15, 0.2) is 24.3 Å². The number of nitrogens with one attached hydrogen (secondary N) is 1. The van der Waals surface area contributed by atoms with Crippen LogP contribution in [-0.2, 0) is 6.42 Å². The van der Waals surface area contributed by atoms with Gasteiger partial charge in [0.05, 0.1) is 20.2 Å². The lowest BCUT2D eigenvalue weighted by Crippen LogP contribution is -3.13. The molecule has 2 N–H and O–H groups in total. The number of methoxy groups -OCH3 is 1. The molecule has 0 radical (unpaired) electrons. The van der Waals surface area contributed by atoms with E-state index >= 15 is 0 Å². The van der Waals surface area contributed by atoms with Crippen LogP contribution in [0.2, 0.25) is 0 Å². The fraction of sp³-hybridized carbons (Fsp3) is 0.500. The van der Waals surface area contributed by atoms with E-state index in [-0.39, 0.29) is 11.9 Å². The molecule has 0 bridgehead atoms. The predicted molar refractivity (Wildman–Crippen MR) is 106 cm³/mol. The highest BCUT2D eigenvalue weighted by Crippen LogP contribution is 2.35. The largest absolute Gasteiger partial charge is 0.497 e. The third-order valence-electron chi connectivity index (χ3n) is 5.48. The maximum Gasteiger partial charge on any atom is 0.235 e. The van der Waals surface area contributed by atoms with Gasteiger partial charge in [0.1, 0.15) is 10.6 Å². The van der Waals surface area contributed by atoms with Gasteiger partial charge in [0.2, 0.25) is 10.8 Å². The highest BCUT2D eigenvalue weighted by molar-refractivity contribution is 7.17. The molecule has 1 fully saturated rings. The summed E-state index contributed by atoms with van der Waals surface area (Å²) in [6.07, 6.45) is 3.25. The number of quaternary nitrogens is 1. The summed E-state index contributed by atoms with van der Waals surface area (Å²) in [5.41, 5.74) is 1.19. The van der Waals surface area contributed by atoms with Gasteiger partial charge in [-0.15, -0.1) is 5.10 Å². The average Bonchev–Trinajstić information content (AvgIpc) is 3.22. The minimum absolute atomic E-state index is 0.0808. The zero-order chi connectivity index (χ0) is 19.0. The fourth-order valence-electron chi connectivity index (χ4n) is 4.09. The van der Waals surface area contributed by atoms with Gasteiger partial charge in [0.15, 0.2) is 11.9 Å². The molecule has 1 aromatic carbocycles. The van der Waals surface area contributed by atoms with E-state index < -0.39 is 0 Å². The maximum atomic E-state index is 11.0. The van der Waals surface area contributed by atoms with Gasteiger partial charge in [0, 0.05) is 17.9 Å². The lowest BCUT2D eigenvalue weighted by molar-refractivity contribution is -0.933. The Kier molecular flexibility index (Phi) is 5.06. The van der Waals surface area contributed by atoms with Crippen LogP contribution in [-0.4, -0.2) is 39.9 Å². The summed E-state index contributed by atoms with van der Waals surface area (Å²) in [4.78, 5) is 7.76. The molecule has 0 saturated carbocycles. The zero-order valence-corrected chi connectivity index (χ0v) is 16.9. The topological polar surface area (TPSA) is 64.1 Å². The van der Waals surface area contributed by atoms with E-state index in [9.17, 15) is 5.11 Å². The van der Waals surface area contributed by atoms with E-state index in [0.29, 0.717) is 5.92 Å². The van der Waals surface area contributed by atoms with Crippen LogP contribution in [0.5, 0.6) is 11.6 Å². The molecule has 3 heterocycles. The van der Waals surface area contributed by atoms with Gasteiger partial charge >= 0.3 is 0 Å². The molecule has 1 aliphatic heterocycles. The average molecular weight is 388 g/mol. The molecule has 1 unspecified atom stereocenters. The molecule has 6 nitrogen and oxygen atoms in total. The second-order valence-corrected chi connectivity index (χ2v) is 8.44. The number of aromatic hydroxyl groups is 1. The number of nitrogens with zero attached hydrogens (tertiary/aromatic N) is 3. The van der Waals surface area contributed by atoms with Crippen molar-refractivity contribution in [3.8, 4) is 11.6 Å². The second-order valence-electron chi connectivity index (χ2n) is 7.43. The summed E-state index contributed by atoms with van der Waals surface area (Å²) < 4.78 is 6.92. The molecule has 0 amide bonds. The molecule has 0 aliphatic carbocycles. The van der Waals surface area contributed by atoms with Gasteiger partial charge in [-0.3, -0.25) is 0 Å². The first-order valence-electron chi connectivity index (χ1n) is 9.66. The normalized spacial score (nSPS) is 21.4. The number of fused-ring (bicyclic) bond motifs is 1. The number of piperidine rings is 1. The molecule has 2 aromatic heterocycles. The van der Waals surface area contributed by atoms with Crippen molar-refractivity contribution >= 4 is 16.3 Å². The van der Waals surface area contributed by atoms with Crippen LogP contribution in [0, 0.1) is 5.92 Å². The Bertz CT molecular complexity index is 918. The lowest BCUT2D eigenvalue weighted by atomic mass is 9.95. The maximum absolute atomic E-state index is 11.0.